The van der Waals surface area contributed by atoms with Crippen LogP contribution < -0.4 is 5.30 Å². The Balaban J connectivity index is 0.00000180. The summed E-state index contributed by atoms with van der Waals surface area (Å²) >= 11 is 3.47. The summed E-state index contributed by atoms with van der Waals surface area (Å²) < 4.78 is 0.667. The van der Waals surface area contributed by atoms with Gasteiger partial charge in [0.25, 0.3) is 0 Å². The normalized spacial score (nSPS) is 12.4. The third-order valence-electron chi connectivity index (χ3n) is 2.83. The fraction of sp³-hybridized carbons (Fsp3) is 0.250. The summed E-state index contributed by atoms with van der Waals surface area (Å²) in [5.41, 5.74) is 2.59. The molecule has 0 N–H and O–H groups in total. The molecule has 0 aliphatic carbocycles. The zero-order valence-corrected chi connectivity index (χ0v) is 14.3. The van der Waals surface area contributed by atoms with Crippen molar-refractivity contribution in [3.05, 3.63) is 54.6 Å². The molecular weight excluding hydrogens is 365 g/mol. The average Bonchev–Trinajstić information content (AvgIpc) is 2.41. The van der Waals surface area contributed by atoms with Crippen LogP contribution in [0.15, 0.2) is 54.6 Å². The number of halogens is 1. The van der Waals surface area contributed by atoms with E-state index >= 15 is 0 Å². The minimum Gasteiger partial charge on any atom is -0.147 e. The van der Waals surface area contributed by atoms with Gasteiger partial charge in [-0.1, -0.05) is 0 Å². The van der Waals surface area contributed by atoms with E-state index in [9.17, 15) is 0 Å². The molecule has 0 fully saturated rings. The van der Waals surface area contributed by atoms with Gasteiger partial charge in [-0.05, 0) is 0 Å². The standard InChI is InChI=1S/C16H18P.ClH.Pd/c1-2-3-13-17-16-11-9-15(10-12-16)14-7-5-4-6-8-14;;/h4-13,17H,2-3H2,1H3;1H;. The first-order valence-electron chi connectivity index (χ1n) is 6.32. The van der Waals surface area contributed by atoms with Crippen LogP contribution in [-0.4, -0.2) is 4.13 Å². The van der Waals surface area contributed by atoms with Crippen LogP contribution in [0.3, 0.4) is 0 Å². The van der Waals surface area contributed by atoms with Gasteiger partial charge in [0.15, 0.2) is 0 Å². The minimum absolute atomic E-state index is 0. The van der Waals surface area contributed by atoms with Gasteiger partial charge in [-0.25, -0.2) is 0 Å². The fourth-order valence-electron chi connectivity index (χ4n) is 1.87. The summed E-state index contributed by atoms with van der Waals surface area (Å²) in [4.78, 5) is 0. The number of hydrogen-bond acceptors (Lipinski definition) is 0. The van der Waals surface area contributed by atoms with Crippen molar-refractivity contribution in [2.75, 3.05) is 0 Å². The van der Waals surface area contributed by atoms with Crippen LogP contribution in [-0.2, 0) is 19.2 Å². The van der Waals surface area contributed by atoms with Crippen molar-refractivity contribution in [3.8, 4) is 11.1 Å². The predicted molar refractivity (Wildman–Crippen MR) is 85.8 cm³/mol. The smallest absolute Gasteiger partial charge is 0.147 e. The summed E-state index contributed by atoms with van der Waals surface area (Å²) in [7, 11) is 0.872. The van der Waals surface area contributed by atoms with Crippen molar-refractivity contribution in [2.24, 2.45) is 0 Å². The van der Waals surface area contributed by atoms with Crippen LogP contribution in [0.25, 0.3) is 11.1 Å². The van der Waals surface area contributed by atoms with Crippen LogP contribution in [0.1, 0.15) is 19.8 Å². The number of benzene rings is 2. The maximum absolute atomic E-state index is 3.47. The maximum atomic E-state index is 3.47. The number of hydrogen-bond donors (Lipinski definition) is 0. The molecule has 0 aliphatic rings. The molecule has 0 saturated carbocycles. The summed E-state index contributed by atoms with van der Waals surface area (Å²) in [6.07, 6.45) is 2.52. The van der Waals surface area contributed by atoms with E-state index in [4.69, 9.17) is 0 Å². The Morgan fingerprint density at radius 2 is 1.53 bits per heavy atom. The molecule has 19 heavy (non-hydrogen) atoms. The van der Waals surface area contributed by atoms with Crippen molar-refractivity contribution in [1.29, 1.82) is 0 Å². The van der Waals surface area contributed by atoms with E-state index < -0.39 is 0 Å². The molecule has 2 aromatic carbocycles. The third kappa shape index (κ3) is 5.37. The molecule has 2 rings (SSSR count). The van der Waals surface area contributed by atoms with Crippen molar-refractivity contribution in [1.82, 2.24) is 0 Å². The van der Waals surface area contributed by atoms with Crippen LogP contribution in [0.4, 0.5) is 0 Å². The fourth-order valence-corrected chi connectivity index (χ4v) is 4.23. The monoisotopic (exact) mass is 383 g/mol. The van der Waals surface area contributed by atoms with Crippen molar-refractivity contribution in [3.63, 3.8) is 0 Å². The molecule has 0 nitrogen and oxygen atoms in total. The second-order valence-electron chi connectivity index (χ2n) is 4.30. The van der Waals surface area contributed by atoms with Gasteiger partial charge in [-0.15, -0.1) is 12.4 Å². The van der Waals surface area contributed by atoms with Crippen LogP contribution in [0, 0.1) is 0 Å². The first kappa shape index (κ1) is 16.9. The molecule has 105 valence electrons. The van der Waals surface area contributed by atoms with E-state index in [1.165, 1.54) is 29.3 Å². The van der Waals surface area contributed by atoms with Crippen LogP contribution in [0.5, 0.6) is 0 Å². The van der Waals surface area contributed by atoms with E-state index in [-0.39, 0.29) is 12.4 Å². The first-order valence-corrected chi connectivity index (χ1v) is 8.29. The summed E-state index contributed by atoms with van der Waals surface area (Å²) in [5.74, 6) is 0. The molecule has 0 spiro atoms. The van der Waals surface area contributed by atoms with Crippen molar-refractivity contribution >= 4 is 26.3 Å². The van der Waals surface area contributed by atoms with Crippen LogP contribution in [0.2, 0.25) is 0 Å². The first-order chi connectivity index (χ1) is 8.79. The maximum Gasteiger partial charge on any atom is -0.147 e. The van der Waals surface area contributed by atoms with E-state index in [1.807, 2.05) is 0 Å². The Morgan fingerprint density at radius 1 is 0.947 bits per heavy atom. The van der Waals surface area contributed by atoms with E-state index in [2.05, 4.69) is 80.7 Å². The van der Waals surface area contributed by atoms with Crippen molar-refractivity contribution in [2.45, 2.75) is 23.9 Å². The molecule has 0 radical (unpaired) electrons. The predicted octanol–water partition coefficient (Wildman–Crippen LogP) is 4.75. The molecule has 3 heteroatoms. The van der Waals surface area contributed by atoms with E-state index in [0.717, 1.165) is 8.58 Å². The van der Waals surface area contributed by atoms with Gasteiger partial charge in [0.1, 0.15) is 0 Å². The Bertz CT molecular complexity index is 470. The Kier molecular flexibility index (Phi) is 7.89. The van der Waals surface area contributed by atoms with Gasteiger partial charge in [-0.3, -0.25) is 0 Å². The minimum atomic E-state index is 0. The number of rotatable bonds is 5. The quantitative estimate of drug-likeness (QED) is 0.516. The molecule has 0 heterocycles. The SMILES string of the molecule is CCC[CH]([Pd])Pc1ccc(-c2ccccc2)cc1.Cl. The van der Waals surface area contributed by atoms with Gasteiger partial charge < -0.3 is 0 Å². The van der Waals surface area contributed by atoms with E-state index in [1.54, 1.807) is 0 Å². The second-order valence-corrected chi connectivity index (χ2v) is 7.74. The van der Waals surface area contributed by atoms with Gasteiger partial charge in [0, 0.05) is 0 Å². The molecule has 2 atom stereocenters. The zero-order chi connectivity index (χ0) is 12.8. The van der Waals surface area contributed by atoms with E-state index in [0.29, 0.717) is 4.13 Å². The summed E-state index contributed by atoms with van der Waals surface area (Å²) in [5, 5.41) is 1.44. The third-order valence-corrected chi connectivity index (χ3v) is 5.20. The second kappa shape index (κ2) is 8.89. The molecule has 0 bridgehead atoms. The Morgan fingerprint density at radius 3 is 2.11 bits per heavy atom. The van der Waals surface area contributed by atoms with Gasteiger partial charge in [-0.2, -0.15) is 0 Å². The van der Waals surface area contributed by atoms with Gasteiger partial charge >= 0.3 is 123 Å². The molecule has 0 aromatic heterocycles. The largest absolute Gasteiger partial charge is 0.147 e. The molecule has 0 aliphatic heterocycles. The Hall–Kier alpha value is -0.178. The Labute approximate surface area is 135 Å². The zero-order valence-electron chi connectivity index (χ0n) is 10.9. The molecule has 2 unspecified atom stereocenters. The molecule has 0 amide bonds. The molecular formula is C16H19ClPPd. The molecule has 0 saturated heterocycles. The summed E-state index contributed by atoms with van der Waals surface area (Å²) in [6, 6.07) is 19.5. The molecule has 2 aromatic rings. The van der Waals surface area contributed by atoms with Crippen LogP contribution >= 0.6 is 21.0 Å². The van der Waals surface area contributed by atoms with Gasteiger partial charge in [0.2, 0.25) is 0 Å². The summed E-state index contributed by atoms with van der Waals surface area (Å²) in [6.45, 7) is 2.24. The average molecular weight is 384 g/mol. The topological polar surface area (TPSA) is 0 Å². The van der Waals surface area contributed by atoms with Crippen molar-refractivity contribution < 1.29 is 19.2 Å². The van der Waals surface area contributed by atoms with Gasteiger partial charge in [0.05, 0.1) is 0 Å².